The number of anilines is 2. The number of hydrogen-bond acceptors (Lipinski definition) is 6. The molecule has 4 rings (SSSR count). The lowest BCUT2D eigenvalue weighted by atomic mass is 10.1. The zero-order chi connectivity index (χ0) is 27.3. The molecule has 1 aromatic heterocycles. The van der Waals surface area contributed by atoms with Crippen molar-refractivity contribution in [1.82, 2.24) is 0 Å². The highest BCUT2D eigenvalue weighted by Crippen LogP contribution is 2.40. The molecule has 2 N–H and O–H groups in total. The van der Waals surface area contributed by atoms with Crippen LogP contribution in [0.25, 0.3) is 10.1 Å². The first-order valence-electron chi connectivity index (χ1n) is 12.1. The molecule has 1 fully saturated rings. The summed E-state index contributed by atoms with van der Waals surface area (Å²) < 4.78 is 76.9. The zero-order valence-corrected chi connectivity index (χ0v) is 22.8. The van der Waals surface area contributed by atoms with Gasteiger partial charge in [-0.1, -0.05) is 24.0 Å². The van der Waals surface area contributed by atoms with E-state index in [-0.39, 0.29) is 23.9 Å². The van der Waals surface area contributed by atoms with Crippen LogP contribution in [0.1, 0.15) is 23.3 Å². The Morgan fingerprint density at radius 1 is 1.16 bits per heavy atom. The third kappa shape index (κ3) is 7.22. The van der Waals surface area contributed by atoms with E-state index < -0.39 is 26.6 Å². The molecule has 2 heterocycles. The van der Waals surface area contributed by atoms with Crippen LogP contribution in [-0.4, -0.2) is 52.2 Å². The van der Waals surface area contributed by atoms with Gasteiger partial charge >= 0.3 is 6.18 Å². The number of nitrogens with one attached hydrogen (secondary N) is 2. The van der Waals surface area contributed by atoms with Gasteiger partial charge in [0.15, 0.2) is 0 Å². The average molecular weight is 569 g/mol. The van der Waals surface area contributed by atoms with E-state index in [0.29, 0.717) is 34.5 Å². The normalized spacial score (nSPS) is 14.7. The molecule has 1 saturated heterocycles. The minimum absolute atomic E-state index is 0.0881. The molecular formula is C27H29F4N2O3PS. The highest BCUT2D eigenvalue weighted by atomic mass is 32.1. The van der Waals surface area contributed by atoms with E-state index in [9.17, 15) is 22.1 Å². The molecule has 0 saturated carbocycles. The molecule has 204 valence electrons. The van der Waals surface area contributed by atoms with Gasteiger partial charge in [0.1, 0.15) is 12.9 Å². The Hall–Kier alpha value is -2.73. The van der Waals surface area contributed by atoms with Crippen LogP contribution < -0.4 is 20.7 Å². The van der Waals surface area contributed by atoms with Crippen molar-refractivity contribution in [3.05, 3.63) is 46.8 Å². The number of benzene rings is 2. The summed E-state index contributed by atoms with van der Waals surface area (Å²) in [5.74, 6) is 6.00. The van der Waals surface area contributed by atoms with Gasteiger partial charge in [0.05, 0.1) is 33.9 Å². The molecule has 0 unspecified atom stereocenters. The van der Waals surface area contributed by atoms with Gasteiger partial charge in [-0.15, -0.1) is 11.3 Å². The number of hydrogen-bond donors (Lipinski definition) is 2. The Labute approximate surface area is 223 Å². The number of fused-ring (bicyclic) bond motifs is 1. The molecule has 0 radical (unpaired) electrons. The number of alkyl halides is 4. The van der Waals surface area contributed by atoms with Gasteiger partial charge in [0, 0.05) is 24.6 Å². The van der Waals surface area contributed by atoms with Crippen LogP contribution >= 0.6 is 18.5 Å². The van der Waals surface area contributed by atoms with E-state index in [1.807, 2.05) is 6.07 Å². The molecule has 3 aromatic rings. The average Bonchev–Trinajstić information content (AvgIpc) is 3.19. The number of halogens is 4. The minimum atomic E-state index is -4.38. The van der Waals surface area contributed by atoms with Crippen LogP contribution in [0, 0.1) is 11.8 Å². The molecule has 0 atom stereocenters. The maximum atomic E-state index is 13.5. The van der Waals surface area contributed by atoms with Crippen molar-refractivity contribution >= 4 is 45.2 Å². The smallest absolute Gasteiger partial charge is 0.393 e. The van der Waals surface area contributed by atoms with Crippen molar-refractivity contribution in [2.45, 2.75) is 31.5 Å². The van der Waals surface area contributed by atoms with E-state index in [1.54, 1.807) is 37.6 Å². The summed E-state index contributed by atoms with van der Waals surface area (Å²) in [4.78, 5) is 0.355. The molecule has 2 aromatic carbocycles. The lowest BCUT2D eigenvalue weighted by Crippen LogP contribution is -2.27. The number of thiophene rings is 1. The topological polar surface area (TPSA) is 59.6 Å². The second kappa shape index (κ2) is 12.0. The summed E-state index contributed by atoms with van der Waals surface area (Å²) in [5.41, 5.74) is 1.41. The lowest BCUT2D eigenvalue weighted by molar-refractivity contribution is -0.126. The summed E-state index contributed by atoms with van der Waals surface area (Å²) >= 11 is 1.24. The fourth-order valence-corrected chi connectivity index (χ4v) is 6.29. The zero-order valence-electron chi connectivity index (χ0n) is 21.1. The van der Waals surface area contributed by atoms with Gasteiger partial charge in [-0.2, -0.15) is 13.2 Å². The highest BCUT2D eigenvalue weighted by molar-refractivity contribution is 7.70. The second-order valence-corrected chi connectivity index (χ2v) is 13.6. The summed E-state index contributed by atoms with van der Waals surface area (Å²) in [6.45, 7) is 3.54. The predicted octanol–water partition coefficient (Wildman–Crippen LogP) is 6.61. The van der Waals surface area contributed by atoms with Crippen molar-refractivity contribution < 1.29 is 31.6 Å². The number of ether oxygens (including phenoxy) is 2. The first-order chi connectivity index (χ1) is 18.0. The maximum Gasteiger partial charge on any atom is 0.393 e. The molecule has 11 heteroatoms. The monoisotopic (exact) mass is 568 g/mol. The van der Waals surface area contributed by atoms with Crippen LogP contribution in [0.15, 0.2) is 36.4 Å². The van der Waals surface area contributed by atoms with Gasteiger partial charge in [-0.3, -0.25) is 0 Å². The van der Waals surface area contributed by atoms with Crippen molar-refractivity contribution in [2.75, 3.05) is 50.6 Å². The Bertz CT molecular complexity index is 1380. The molecular weight excluding hydrogens is 539 g/mol. The predicted molar refractivity (Wildman–Crippen MR) is 147 cm³/mol. The van der Waals surface area contributed by atoms with E-state index in [1.165, 1.54) is 17.4 Å². The van der Waals surface area contributed by atoms with Crippen molar-refractivity contribution in [3.63, 3.8) is 0 Å². The van der Waals surface area contributed by atoms with E-state index >= 15 is 0 Å². The molecule has 1 aliphatic heterocycles. The van der Waals surface area contributed by atoms with Gasteiger partial charge in [-0.25, -0.2) is 4.39 Å². The Kier molecular flexibility index (Phi) is 8.92. The standard InChI is InChI=1S/C27H29F4N2O3PS/c1-37(2,34)19-8-9-22(24(15-19)36-17-28)32-12-4-7-25-21(16-27(29,30)31)20-5-3-6-23(26(20)38-25)33-18-10-13-35-14-11-18/h3,5-6,8-9,15,18,32-33H,10-14,16-17H2,1-2H3. The largest absolute Gasteiger partial charge is 0.461 e. The fraction of sp³-hybridized carbons (Fsp3) is 0.407. The summed E-state index contributed by atoms with van der Waals surface area (Å²) in [7, 11) is -2.57. The van der Waals surface area contributed by atoms with Crippen LogP contribution in [0.4, 0.5) is 28.9 Å². The van der Waals surface area contributed by atoms with E-state index in [4.69, 9.17) is 9.47 Å². The third-order valence-corrected chi connectivity index (χ3v) is 8.86. The Balaban J connectivity index is 1.60. The summed E-state index contributed by atoms with van der Waals surface area (Å²) in [6, 6.07) is 10.4. The van der Waals surface area contributed by atoms with Crippen LogP contribution in [-0.2, 0) is 15.7 Å². The van der Waals surface area contributed by atoms with Crippen molar-refractivity contribution in [2.24, 2.45) is 0 Å². The fourth-order valence-electron chi connectivity index (χ4n) is 4.26. The molecule has 5 nitrogen and oxygen atoms in total. The summed E-state index contributed by atoms with van der Waals surface area (Å²) in [6.07, 6.45) is -3.79. The van der Waals surface area contributed by atoms with Gasteiger partial charge in [-0.05, 0) is 61.4 Å². The number of rotatable bonds is 8. The first kappa shape index (κ1) is 28.3. The Morgan fingerprint density at radius 2 is 1.92 bits per heavy atom. The molecule has 1 aliphatic rings. The minimum Gasteiger partial charge on any atom is -0.461 e. The van der Waals surface area contributed by atoms with Crippen LogP contribution in [0.3, 0.4) is 0 Å². The first-order valence-corrected chi connectivity index (χ1v) is 15.5. The van der Waals surface area contributed by atoms with Crippen LogP contribution in [0.2, 0.25) is 0 Å². The van der Waals surface area contributed by atoms with Crippen molar-refractivity contribution in [1.29, 1.82) is 0 Å². The van der Waals surface area contributed by atoms with Crippen molar-refractivity contribution in [3.8, 4) is 17.6 Å². The van der Waals surface area contributed by atoms with Gasteiger partial charge < -0.3 is 24.7 Å². The molecule has 0 aliphatic carbocycles. The Morgan fingerprint density at radius 3 is 2.61 bits per heavy atom. The second-order valence-electron chi connectivity index (χ2n) is 9.36. The van der Waals surface area contributed by atoms with E-state index in [0.717, 1.165) is 23.2 Å². The summed E-state index contributed by atoms with van der Waals surface area (Å²) in [5, 5.41) is 7.58. The molecule has 0 bridgehead atoms. The maximum absolute atomic E-state index is 13.5. The van der Waals surface area contributed by atoms with Gasteiger partial charge in [0.2, 0.25) is 6.86 Å². The molecule has 0 spiro atoms. The SMILES string of the molecule is CP(C)(=O)c1ccc(NCC#Cc2sc3c(NC4CCOCC4)cccc3c2CC(F)(F)F)c(OCF)c1. The van der Waals surface area contributed by atoms with Crippen LogP contribution in [0.5, 0.6) is 5.75 Å². The quantitative estimate of drug-likeness (QED) is 0.182. The van der Waals surface area contributed by atoms with E-state index in [2.05, 4.69) is 22.5 Å². The molecule has 38 heavy (non-hydrogen) atoms. The highest BCUT2D eigenvalue weighted by Gasteiger charge is 2.31. The van der Waals surface area contributed by atoms with Gasteiger partial charge in [0.25, 0.3) is 0 Å². The molecule has 0 amide bonds. The lowest BCUT2D eigenvalue weighted by Gasteiger charge is -2.24. The third-order valence-electron chi connectivity index (χ3n) is 6.14.